The highest BCUT2D eigenvalue weighted by molar-refractivity contribution is 6.04. The van der Waals surface area contributed by atoms with Crippen LogP contribution in [0.4, 0.5) is 0 Å². The smallest absolute Gasteiger partial charge is 0.256 e. The highest BCUT2D eigenvalue weighted by Gasteiger charge is 2.32. The molecular formula is C14H16N4O2. The zero-order valence-electron chi connectivity index (χ0n) is 11.2. The lowest BCUT2D eigenvalue weighted by molar-refractivity contribution is 0.0583. The van der Waals surface area contributed by atoms with E-state index in [2.05, 4.69) is 15.3 Å². The van der Waals surface area contributed by atoms with E-state index in [1.165, 1.54) is 0 Å². The molecule has 0 spiro atoms. The number of nitrogens with zero attached hydrogens (tertiary/aromatic N) is 3. The van der Waals surface area contributed by atoms with Crippen LogP contribution in [0.2, 0.25) is 0 Å². The molecule has 104 valence electrons. The standard InChI is InChI=1S/C14H16N4O2/c1-18(11-7-15-8-12(11)19)14(20)9-3-2-4-10-13(9)17-6-5-16-10/h2-6,11-12,15,19H,7-8H2,1H3/t11-,12-/m0/s1. The summed E-state index contributed by atoms with van der Waals surface area (Å²) in [6.07, 6.45) is 2.64. The molecule has 2 heterocycles. The van der Waals surface area contributed by atoms with E-state index >= 15 is 0 Å². The Balaban J connectivity index is 1.96. The topological polar surface area (TPSA) is 78.4 Å². The van der Waals surface area contributed by atoms with Crippen LogP contribution >= 0.6 is 0 Å². The number of aliphatic hydroxyl groups is 1. The molecule has 2 N–H and O–H groups in total. The number of carbonyl (C=O) groups excluding carboxylic acids is 1. The molecule has 2 aromatic rings. The van der Waals surface area contributed by atoms with Gasteiger partial charge in [-0.25, -0.2) is 0 Å². The molecule has 1 aliphatic rings. The van der Waals surface area contributed by atoms with Gasteiger partial charge in [0.05, 0.1) is 23.2 Å². The summed E-state index contributed by atoms with van der Waals surface area (Å²) in [6.45, 7) is 1.11. The number of hydrogen-bond donors (Lipinski definition) is 2. The minimum Gasteiger partial charge on any atom is -0.390 e. The summed E-state index contributed by atoms with van der Waals surface area (Å²) in [6, 6.07) is 5.14. The molecule has 1 fully saturated rings. The van der Waals surface area contributed by atoms with Crippen molar-refractivity contribution in [3.63, 3.8) is 0 Å². The van der Waals surface area contributed by atoms with Gasteiger partial charge in [-0.15, -0.1) is 0 Å². The Morgan fingerprint density at radius 3 is 2.90 bits per heavy atom. The van der Waals surface area contributed by atoms with Crippen LogP contribution in [0.15, 0.2) is 30.6 Å². The van der Waals surface area contributed by atoms with Crippen LogP contribution in [0.1, 0.15) is 10.4 Å². The van der Waals surface area contributed by atoms with Crippen LogP contribution in [0.5, 0.6) is 0 Å². The van der Waals surface area contributed by atoms with Crippen LogP contribution in [-0.2, 0) is 0 Å². The summed E-state index contributed by atoms with van der Waals surface area (Å²) < 4.78 is 0. The average Bonchev–Trinajstić information content (AvgIpc) is 2.91. The number of carbonyl (C=O) groups is 1. The van der Waals surface area contributed by atoms with Gasteiger partial charge in [0, 0.05) is 32.5 Å². The van der Waals surface area contributed by atoms with E-state index in [0.717, 1.165) is 0 Å². The molecule has 3 rings (SSSR count). The number of amides is 1. The van der Waals surface area contributed by atoms with Crippen molar-refractivity contribution in [2.45, 2.75) is 12.1 Å². The normalized spacial score (nSPS) is 22.1. The van der Waals surface area contributed by atoms with Crippen molar-refractivity contribution >= 4 is 16.9 Å². The second-order valence-corrected chi connectivity index (χ2v) is 4.94. The lowest BCUT2D eigenvalue weighted by Crippen LogP contribution is -2.44. The Labute approximate surface area is 116 Å². The molecule has 1 saturated heterocycles. The van der Waals surface area contributed by atoms with Crippen LogP contribution in [-0.4, -0.2) is 58.2 Å². The fourth-order valence-electron chi connectivity index (χ4n) is 2.55. The average molecular weight is 272 g/mol. The second kappa shape index (κ2) is 5.15. The summed E-state index contributed by atoms with van der Waals surface area (Å²) in [4.78, 5) is 22.6. The van der Waals surface area contributed by atoms with E-state index in [0.29, 0.717) is 29.7 Å². The fraction of sp³-hybridized carbons (Fsp3) is 0.357. The summed E-state index contributed by atoms with van der Waals surface area (Å²) >= 11 is 0. The van der Waals surface area contributed by atoms with Crippen molar-refractivity contribution in [3.05, 3.63) is 36.2 Å². The number of aliphatic hydroxyl groups excluding tert-OH is 1. The number of rotatable bonds is 2. The molecular weight excluding hydrogens is 256 g/mol. The molecule has 1 aromatic carbocycles. The van der Waals surface area contributed by atoms with Crippen molar-refractivity contribution < 1.29 is 9.90 Å². The number of aromatic nitrogens is 2. The monoisotopic (exact) mass is 272 g/mol. The SMILES string of the molecule is CN(C(=O)c1cccc2nccnc12)[C@H]1CNC[C@@H]1O. The third kappa shape index (κ3) is 2.13. The Bertz CT molecular complexity index is 641. The molecule has 1 aliphatic heterocycles. The second-order valence-electron chi connectivity index (χ2n) is 4.94. The van der Waals surface area contributed by atoms with Gasteiger partial charge in [-0.3, -0.25) is 14.8 Å². The molecule has 2 atom stereocenters. The number of likely N-dealkylation sites (N-methyl/N-ethyl adjacent to an activating group) is 1. The van der Waals surface area contributed by atoms with Crippen molar-refractivity contribution in [2.75, 3.05) is 20.1 Å². The zero-order chi connectivity index (χ0) is 14.1. The minimum atomic E-state index is -0.537. The number of para-hydroxylation sites is 1. The summed E-state index contributed by atoms with van der Waals surface area (Å²) in [5, 5.41) is 13.0. The maximum atomic E-state index is 12.6. The molecule has 0 aliphatic carbocycles. The van der Waals surface area contributed by atoms with E-state index in [1.807, 2.05) is 6.07 Å². The van der Waals surface area contributed by atoms with Crippen molar-refractivity contribution in [3.8, 4) is 0 Å². The number of nitrogens with one attached hydrogen (secondary N) is 1. The molecule has 0 radical (unpaired) electrons. The third-order valence-electron chi connectivity index (χ3n) is 3.70. The van der Waals surface area contributed by atoms with Crippen LogP contribution in [0.3, 0.4) is 0 Å². The first-order valence-corrected chi connectivity index (χ1v) is 6.54. The van der Waals surface area contributed by atoms with Gasteiger partial charge in [-0.2, -0.15) is 0 Å². The molecule has 6 heteroatoms. The van der Waals surface area contributed by atoms with E-state index < -0.39 is 6.10 Å². The van der Waals surface area contributed by atoms with Gasteiger partial charge < -0.3 is 15.3 Å². The third-order valence-corrected chi connectivity index (χ3v) is 3.70. The molecule has 20 heavy (non-hydrogen) atoms. The highest BCUT2D eigenvalue weighted by atomic mass is 16.3. The van der Waals surface area contributed by atoms with Crippen LogP contribution in [0.25, 0.3) is 11.0 Å². The van der Waals surface area contributed by atoms with E-state index in [9.17, 15) is 9.90 Å². The highest BCUT2D eigenvalue weighted by Crippen LogP contribution is 2.18. The first-order valence-electron chi connectivity index (χ1n) is 6.54. The van der Waals surface area contributed by atoms with Gasteiger partial charge in [0.25, 0.3) is 5.91 Å². The molecule has 1 aromatic heterocycles. The van der Waals surface area contributed by atoms with Gasteiger partial charge in [-0.1, -0.05) is 6.07 Å². The molecule has 6 nitrogen and oxygen atoms in total. The van der Waals surface area contributed by atoms with Gasteiger partial charge >= 0.3 is 0 Å². The largest absolute Gasteiger partial charge is 0.390 e. The number of fused-ring (bicyclic) bond motifs is 1. The first kappa shape index (κ1) is 13.0. The van der Waals surface area contributed by atoms with Gasteiger partial charge in [0.1, 0.15) is 5.52 Å². The number of β-amino-alcohol motifs (C(OH)–C–C–N with tert-alkyl or cyclic N) is 1. The molecule has 1 amide bonds. The maximum absolute atomic E-state index is 12.6. The molecule has 0 bridgehead atoms. The van der Waals surface area contributed by atoms with Gasteiger partial charge in [0.2, 0.25) is 0 Å². The van der Waals surface area contributed by atoms with Gasteiger partial charge in [-0.05, 0) is 12.1 Å². The number of hydrogen-bond acceptors (Lipinski definition) is 5. The summed E-state index contributed by atoms with van der Waals surface area (Å²) in [5.74, 6) is -0.149. The molecule has 0 unspecified atom stereocenters. The van der Waals surface area contributed by atoms with E-state index in [1.54, 1.807) is 36.5 Å². The number of benzene rings is 1. The Morgan fingerprint density at radius 1 is 1.35 bits per heavy atom. The Hall–Kier alpha value is -2.05. The summed E-state index contributed by atoms with van der Waals surface area (Å²) in [7, 11) is 1.71. The first-order chi connectivity index (χ1) is 9.68. The maximum Gasteiger partial charge on any atom is 0.256 e. The minimum absolute atomic E-state index is 0.149. The fourth-order valence-corrected chi connectivity index (χ4v) is 2.55. The van der Waals surface area contributed by atoms with Gasteiger partial charge in [0.15, 0.2) is 0 Å². The van der Waals surface area contributed by atoms with E-state index in [-0.39, 0.29) is 11.9 Å². The lowest BCUT2D eigenvalue weighted by Gasteiger charge is -2.26. The summed E-state index contributed by atoms with van der Waals surface area (Å²) in [5.41, 5.74) is 1.79. The lowest BCUT2D eigenvalue weighted by atomic mass is 10.1. The van der Waals surface area contributed by atoms with Crippen molar-refractivity contribution in [1.82, 2.24) is 20.2 Å². The Morgan fingerprint density at radius 2 is 2.15 bits per heavy atom. The molecule has 0 saturated carbocycles. The predicted octanol–water partition coefficient (Wildman–Crippen LogP) is 0.0345. The van der Waals surface area contributed by atoms with Crippen molar-refractivity contribution in [1.29, 1.82) is 0 Å². The van der Waals surface area contributed by atoms with Crippen LogP contribution in [0, 0.1) is 0 Å². The predicted molar refractivity (Wildman–Crippen MR) is 74.3 cm³/mol. The zero-order valence-corrected chi connectivity index (χ0v) is 11.2. The quantitative estimate of drug-likeness (QED) is 0.806. The Kier molecular flexibility index (Phi) is 3.33. The van der Waals surface area contributed by atoms with E-state index in [4.69, 9.17) is 0 Å². The van der Waals surface area contributed by atoms with Crippen molar-refractivity contribution in [2.24, 2.45) is 0 Å². The van der Waals surface area contributed by atoms with Crippen LogP contribution < -0.4 is 5.32 Å².